The van der Waals surface area contributed by atoms with E-state index in [1.807, 2.05) is 12.1 Å². The van der Waals surface area contributed by atoms with Gasteiger partial charge in [-0.05, 0) is 48.4 Å². The summed E-state index contributed by atoms with van der Waals surface area (Å²) >= 11 is 0. The van der Waals surface area contributed by atoms with Crippen molar-refractivity contribution in [3.05, 3.63) is 64.7 Å². The molecule has 0 saturated carbocycles. The van der Waals surface area contributed by atoms with Gasteiger partial charge in [0.1, 0.15) is 17.2 Å². The van der Waals surface area contributed by atoms with E-state index >= 15 is 0 Å². The molecule has 2 aromatic carbocycles. The molecule has 0 bridgehead atoms. The van der Waals surface area contributed by atoms with E-state index in [-0.39, 0.29) is 0 Å². The van der Waals surface area contributed by atoms with Crippen molar-refractivity contribution in [3.63, 3.8) is 0 Å². The minimum Gasteiger partial charge on any atom is -0.322 e. The third-order valence-electron chi connectivity index (χ3n) is 3.54. The van der Waals surface area contributed by atoms with Gasteiger partial charge < -0.3 is 10.6 Å². The van der Waals surface area contributed by atoms with Crippen molar-refractivity contribution in [2.24, 2.45) is 0 Å². The van der Waals surface area contributed by atoms with Crippen LogP contribution in [0.25, 0.3) is 0 Å². The number of benzene rings is 2. The molecular formula is C16H14F2N2O. The van der Waals surface area contributed by atoms with Crippen molar-refractivity contribution in [2.75, 3.05) is 11.9 Å². The van der Waals surface area contributed by atoms with E-state index in [2.05, 4.69) is 10.6 Å². The van der Waals surface area contributed by atoms with Crippen LogP contribution in [-0.4, -0.2) is 12.5 Å². The molecule has 1 aliphatic rings. The molecule has 2 aromatic rings. The Morgan fingerprint density at radius 1 is 1.10 bits per heavy atom. The maximum Gasteiger partial charge on any atom is 0.261 e. The van der Waals surface area contributed by atoms with E-state index in [1.165, 1.54) is 11.6 Å². The van der Waals surface area contributed by atoms with Crippen LogP contribution in [0.5, 0.6) is 0 Å². The second-order valence-electron chi connectivity index (χ2n) is 4.96. The van der Waals surface area contributed by atoms with Gasteiger partial charge in [0.25, 0.3) is 5.91 Å². The normalized spacial score (nSPS) is 13.6. The highest BCUT2D eigenvalue weighted by atomic mass is 19.1. The first kappa shape index (κ1) is 13.7. The summed E-state index contributed by atoms with van der Waals surface area (Å²) in [5.74, 6) is -2.52. The summed E-state index contributed by atoms with van der Waals surface area (Å²) in [7, 11) is 0. The first-order valence-electron chi connectivity index (χ1n) is 6.73. The van der Waals surface area contributed by atoms with Gasteiger partial charge in [-0.15, -0.1) is 0 Å². The number of carbonyl (C=O) groups is 1. The first-order valence-corrected chi connectivity index (χ1v) is 6.73. The second-order valence-corrected chi connectivity index (χ2v) is 4.96. The zero-order chi connectivity index (χ0) is 14.8. The largest absolute Gasteiger partial charge is 0.322 e. The third-order valence-corrected chi connectivity index (χ3v) is 3.54. The lowest BCUT2D eigenvalue weighted by atomic mass is 10.0. The lowest BCUT2D eigenvalue weighted by Crippen LogP contribution is -2.24. The number of amides is 1. The highest BCUT2D eigenvalue weighted by Gasteiger charge is 2.17. The van der Waals surface area contributed by atoms with Crippen LogP contribution in [0, 0.1) is 11.6 Å². The van der Waals surface area contributed by atoms with Gasteiger partial charge in [-0.1, -0.05) is 12.1 Å². The number of halogens is 2. The molecule has 1 heterocycles. The molecule has 5 heteroatoms. The molecule has 0 fully saturated rings. The van der Waals surface area contributed by atoms with Crippen LogP contribution in [-0.2, 0) is 13.0 Å². The van der Waals surface area contributed by atoms with E-state index in [0.717, 1.165) is 37.2 Å². The molecule has 1 amide bonds. The van der Waals surface area contributed by atoms with Crippen LogP contribution in [0.1, 0.15) is 21.5 Å². The number of nitrogens with one attached hydrogen (secondary N) is 2. The van der Waals surface area contributed by atoms with E-state index in [9.17, 15) is 13.6 Å². The van der Waals surface area contributed by atoms with Crippen molar-refractivity contribution in [2.45, 2.75) is 13.0 Å². The number of anilines is 1. The second kappa shape index (κ2) is 5.61. The molecule has 2 N–H and O–H groups in total. The SMILES string of the molecule is O=C(Nc1ccc2c(c1)CNCC2)c1c(F)cccc1F. The Hall–Kier alpha value is -2.27. The molecule has 0 aromatic heterocycles. The summed E-state index contributed by atoms with van der Waals surface area (Å²) in [6.07, 6.45) is 0.936. The van der Waals surface area contributed by atoms with Crippen molar-refractivity contribution in [3.8, 4) is 0 Å². The highest BCUT2D eigenvalue weighted by molar-refractivity contribution is 6.04. The van der Waals surface area contributed by atoms with Crippen LogP contribution in [0.15, 0.2) is 36.4 Å². The zero-order valence-corrected chi connectivity index (χ0v) is 11.2. The standard InChI is InChI=1S/C16H14F2N2O/c17-13-2-1-3-14(18)15(13)16(21)20-12-5-4-10-6-7-19-9-11(10)8-12/h1-5,8,19H,6-7,9H2,(H,20,21). The summed E-state index contributed by atoms with van der Waals surface area (Å²) in [4.78, 5) is 12.0. The van der Waals surface area contributed by atoms with Crippen LogP contribution in [0.4, 0.5) is 14.5 Å². The van der Waals surface area contributed by atoms with Gasteiger partial charge >= 0.3 is 0 Å². The molecule has 0 spiro atoms. The topological polar surface area (TPSA) is 41.1 Å². The fraction of sp³-hybridized carbons (Fsp3) is 0.188. The van der Waals surface area contributed by atoms with Crippen LogP contribution < -0.4 is 10.6 Å². The Morgan fingerprint density at radius 2 is 1.86 bits per heavy atom. The summed E-state index contributed by atoms with van der Waals surface area (Å²) < 4.78 is 27.1. The quantitative estimate of drug-likeness (QED) is 0.892. The van der Waals surface area contributed by atoms with Gasteiger partial charge in [0.15, 0.2) is 0 Å². The fourth-order valence-electron chi connectivity index (χ4n) is 2.47. The summed E-state index contributed by atoms with van der Waals surface area (Å²) in [6, 6.07) is 8.87. The molecule has 108 valence electrons. The Kier molecular flexibility index (Phi) is 3.66. The molecule has 0 aliphatic carbocycles. The average molecular weight is 288 g/mol. The molecule has 21 heavy (non-hydrogen) atoms. The highest BCUT2D eigenvalue weighted by Crippen LogP contribution is 2.20. The minimum absolute atomic E-state index is 0.533. The lowest BCUT2D eigenvalue weighted by molar-refractivity contribution is 0.101. The van der Waals surface area contributed by atoms with E-state index in [1.54, 1.807) is 6.07 Å². The van der Waals surface area contributed by atoms with Crippen LogP contribution in [0.3, 0.4) is 0 Å². The number of hydrogen-bond donors (Lipinski definition) is 2. The van der Waals surface area contributed by atoms with E-state index in [0.29, 0.717) is 5.69 Å². The molecule has 3 nitrogen and oxygen atoms in total. The van der Waals surface area contributed by atoms with Gasteiger partial charge in [0.2, 0.25) is 0 Å². The van der Waals surface area contributed by atoms with Gasteiger partial charge in [0, 0.05) is 12.2 Å². The van der Waals surface area contributed by atoms with Crippen LogP contribution in [0.2, 0.25) is 0 Å². The average Bonchev–Trinajstić information content (AvgIpc) is 2.47. The molecule has 0 saturated heterocycles. The number of carbonyl (C=O) groups excluding carboxylic acids is 1. The maximum absolute atomic E-state index is 13.6. The maximum atomic E-state index is 13.6. The van der Waals surface area contributed by atoms with Gasteiger partial charge in [0.05, 0.1) is 0 Å². The van der Waals surface area contributed by atoms with Crippen molar-refractivity contribution in [1.29, 1.82) is 0 Å². The molecule has 0 radical (unpaired) electrons. The lowest BCUT2D eigenvalue weighted by Gasteiger charge is -2.18. The van der Waals surface area contributed by atoms with Gasteiger partial charge in [-0.25, -0.2) is 8.78 Å². The Morgan fingerprint density at radius 3 is 2.62 bits per heavy atom. The Labute approximate surface area is 121 Å². The first-order chi connectivity index (χ1) is 10.1. The van der Waals surface area contributed by atoms with Crippen molar-refractivity contribution in [1.82, 2.24) is 5.32 Å². The number of rotatable bonds is 2. The monoisotopic (exact) mass is 288 g/mol. The summed E-state index contributed by atoms with van der Waals surface area (Å²) in [5.41, 5.74) is 2.29. The Balaban J connectivity index is 1.85. The van der Waals surface area contributed by atoms with Crippen molar-refractivity contribution < 1.29 is 13.6 Å². The number of fused-ring (bicyclic) bond motifs is 1. The summed E-state index contributed by atoms with van der Waals surface area (Å²) in [5, 5.41) is 5.78. The Bertz CT molecular complexity index is 680. The summed E-state index contributed by atoms with van der Waals surface area (Å²) in [6.45, 7) is 1.66. The molecular weight excluding hydrogens is 274 g/mol. The molecule has 0 atom stereocenters. The van der Waals surface area contributed by atoms with Gasteiger partial charge in [-0.3, -0.25) is 4.79 Å². The molecule has 0 unspecified atom stereocenters. The number of hydrogen-bond acceptors (Lipinski definition) is 2. The molecule has 1 aliphatic heterocycles. The zero-order valence-electron chi connectivity index (χ0n) is 11.2. The third kappa shape index (κ3) is 2.78. The van der Waals surface area contributed by atoms with Crippen LogP contribution >= 0.6 is 0 Å². The smallest absolute Gasteiger partial charge is 0.261 e. The van der Waals surface area contributed by atoms with E-state index < -0.39 is 23.1 Å². The fourth-order valence-corrected chi connectivity index (χ4v) is 2.47. The van der Waals surface area contributed by atoms with Crippen molar-refractivity contribution >= 4 is 11.6 Å². The predicted octanol–water partition coefficient (Wildman–Crippen LogP) is 2.86. The van der Waals surface area contributed by atoms with Gasteiger partial charge in [-0.2, -0.15) is 0 Å². The van der Waals surface area contributed by atoms with E-state index in [4.69, 9.17) is 0 Å². The minimum atomic E-state index is -0.868. The molecule has 3 rings (SSSR count). The predicted molar refractivity (Wildman–Crippen MR) is 76.2 cm³/mol.